The number of hydrogen-bond donors (Lipinski definition) is 3. The van der Waals surface area contributed by atoms with Crippen molar-refractivity contribution in [3.05, 3.63) is 35.9 Å². The highest BCUT2D eigenvalue weighted by atomic mass is 16.3. The maximum atomic E-state index is 12.3. The number of rotatable bonds is 9. The Balaban J connectivity index is 2.48. The highest BCUT2D eigenvalue weighted by Gasteiger charge is 2.24. The predicted octanol–water partition coefficient (Wildman–Crippen LogP) is 1.89. The molecule has 2 amide bonds. The van der Waals surface area contributed by atoms with Crippen molar-refractivity contribution in [2.75, 3.05) is 6.54 Å². The average molecular weight is 334 g/mol. The highest BCUT2D eigenvalue weighted by molar-refractivity contribution is 5.87. The molecule has 2 atom stereocenters. The molecule has 1 aromatic carbocycles. The molecular formula is C19H30N2O3. The number of amides is 2. The van der Waals surface area contributed by atoms with Gasteiger partial charge in [-0.25, -0.2) is 0 Å². The molecule has 24 heavy (non-hydrogen) atoms. The molecule has 3 N–H and O–H groups in total. The van der Waals surface area contributed by atoms with E-state index >= 15 is 0 Å². The van der Waals surface area contributed by atoms with E-state index in [0.717, 1.165) is 5.56 Å². The van der Waals surface area contributed by atoms with E-state index in [0.29, 0.717) is 12.8 Å². The number of benzene rings is 1. The van der Waals surface area contributed by atoms with Crippen LogP contribution in [-0.2, 0) is 16.0 Å². The summed E-state index contributed by atoms with van der Waals surface area (Å²) in [6.45, 7) is 7.87. The normalized spacial score (nSPS) is 13.6. The minimum Gasteiger partial charge on any atom is -0.391 e. The second-order valence-corrected chi connectivity index (χ2v) is 6.98. The van der Waals surface area contributed by atoms with Gasteiger partial charge in [0.25, 0.3) is 0 Å². The van der Waals surface area contributed by atoms with Gasteiger partial charge in [-0.1, -0.05) is 58.0 Å². The standard InChI is InChI=1S/C19H30N2O3/c1-13(2)10-17(23)21-18(14(3)4)19(24)20-12-16(22)11-15-8-6-5-7-9-15/h5-9,13-14,16,18,22H,10-12H2,1-4H3,(H,20,24)(H,21,23)/t16-,18+/m0/s1. The van der Waals surface area contributed by atoms with Crippen molar-refractivity contribution in [3.63, 3.8) is 0 Å². The van der Waals surface area contributed by atoms with Gasteiger partial charge in [-0.05, 0) is 17.4 Å². The number of nitrogens with one attached hydrogen (secondary N) is 2. The van der Waals surface area contributed by atoms with Gasteiger partial charge in [0.1, 0.15) is 6.04 Å². The Morgan fingerprint density at radius 2 is 1.71 bits per heavy atom. The summed E-state index contributed by atoms with van der Waals surface area (Å²) in [5.74, 6) is -0.154. The van der Waals surface area contributed by atoms with Crippen LogP contribution in [-0.4, -0.2) is 35.6 Å². The van der Waals surface area contributed by atoms with Crippen LogP contribution in [0.25, 0.3) is 0 Å². The first kappa shape index (κ1) is 20.2. The van der Waals surface area contributed by atoms with Crippen LogP contribution in [0.3, 0.4) is 0 Å². The van der Waals surface area contributed by atoms with E-state index in [4.69, 9.17) is 0 Å². The second-order valence-electron chi connectivity index (χ2n) is 6.98. The van der Waals surface area contributed by atoms with Gasteiger partial charge in [-0.15, -0.1) is 0 Å². The third-order valence-corrected chi connectivity index (χ3v) is 3.69. The van der Waals surface area contributed by atoms with Gasteiger partial charge >= 0.3 is 0 Å². The molecule has 0 aliphatic carbocycles. The van der Waals surface area contributed by atoms with Crippen molar-refractivity contribution in [2.24, 2.45) is 11.8 Å². The zero-order chi connectivity index (χ0) is 18.1. The lowest BCUT2D eigenvalue weighted by molar-refractivity contribution is -0.130. The zero-order valence-corrected chi connectivity index (χ0v) is 15.1. The molecule has 0 bridgehead atoms. The molecule has 0 saturated heterocycles. The summed E-state index contributed by atoms with van der Waals surface area (Å²) in [6.07, 6.45) is 0.218. The van der Waals surface area contributed by atoms with Crippen molar-refractivity contribution in [3.8, 4) is 0 Å². The summed E-state index contributed by atoms with van der Waals surface area (Å²) in [7, 11) is 0. The Bertz CT molecular complexity index is 515. The molecule has 5 heteroatoms. The van der Waals surface area contributed by atoms with Crippen LogP contribution in [0.15, 0.2) is 30.3 Å². The van der Waals surface area contributed by atoms with E-state index in [2.05, 4.69) is 10.6 Å². The minimum absolute atomic E-state index is 0.0209. The molecular weight excluding hydrogens is 304 g/mol. The monoisotopic (exact) mass is 334 g/mol. The van der Waals surface area contributed by atoms with E-state index < -0.39 is 12.1 Å². The number of hydrogen-bond acceptors (Lipinski definition) is 3. The Morgan fingerprint density at radius 3 is 2.25 bits per heavy atom. The minimum atomic E-state index is -0.657. The van der Waals surface area contributed by atoms with Gasteiger partial charge in [-0.3, -0.25) is 9.59 Å². The molecule has 1 aromatic rings. The van der Waals surface area contributed by atoms with E-state index in [9.17, 15) is 14.7 Å². The molecule has 5 nitrogen and oxygen atoms in total. The molecule has 0 saturated carbocycles. The number of aliphatic hydroxyl groups is 1. The maximum absolute atomic E-state index is 12.3. The molecule has 0 aliphatic heterocycles. The lowest BCUT2D eigenvalue weighted by Crippen LogP contribution is -2.51. The molecule has 0 aromatic heterocycles. The van der Waals surface area contributed by atoms with Crippen LogP contribution in [0.5, 0.6) is 0 Å². The molecule has 0 fully saturated rings. The topological polar surface area (TPSA) is 78.4 Å². The van der Waals surface area contributed by atoms with Crippen molar-refractivity contribution < 1.29 is 14.7 Å². The number of carbonyl (C=O) groups is 2. The van der Waals surface area contributed by atoms with Crippen LogP contribution in [0, 0.1) is 11.8 Å². The smallest absolute Gasteiger partial charge is 0.242 e. The fourth-order valence-electron chi connectivity index (χ4n) is 2.42. The van der Waals surface area contributed by atoms with Gasteiger partial charge in [-0.2, -0.15) is 0 Å². The summed E-state index contributed by atoms with van der Waals surface area (Å²) in [4.78, 5) is 24.2. The molecule has 0 aliphatic rings. The summed E-state index contributed by atoms with van der Waals surface area (Å²) in [5, 5.41) is 15.6. The highest BCUT2D eigenvalue weighted by Crippen LogP contribution is 2.06. The molecule has 0 spiro atoms. The molecule has 134 valence electrons. The van der Waals surface area contributed by atoms with Crippen LogP contribution >= 0.6 is 0 Å². The predicted molar refractivity (Wildman–Crippen MR) is 95.4 cm³/mol. The van der Waals surface area contributed by atoms with Crippen molar-refractivity contribution in [2.45, 2.75) is 52.7 Å². The zero-order valence-electron chi connectivity index (χ0n) is 15.1. The van der Waals surface area contributed by atoms with E-state index in [1.54, 1.807) is 0 Å². The van der Waals surface area contributed by atoms with Crippen LogP contribution in [0.4, 0.5) is 0 Å². The number of carbonyl (C=O) groups excluding carboxylic acids is 2. The molecule has 0 radical (unpaired) electrons. The number of aliphatic hydroxyl groups excluding tert-OH is 1. The van der Waals surface area contributed by atoms with Crippen LogP contribution < -0.4 is 10.6 Å². The third-order valence-electron chi connectivity index (χ3n) is 3.69. The Hall–Kier alpha value is -1.88. The SMILES string of the molecule is CC(C)CC(=O)N[C@@H](C(=O)NC[C@@H](O)Cc1ccccc1)C(C)C. The van der Waals surface area contributed by atoms with Crippen molar-refractivity contribution in [1.29, 1.82) is 0 Å². The summed E-state index contributed by atoms with van der Waals surface area (Å²) in [6, 6.07) is 9.05. The van der Waals surface area contributed by atoms with Gasteiger partial charge in [0, 0.05) is 19.4 Å². The molecule has 0 unspecified atom stereocenters. The van der Waals surface area contributed by atoms with Gasteiger partial charge in [0.2, 0.25) is 11.8 Å². The first-order valence-electron chi connectivity index (χ1n) is 8.58. The lowest BCUT2D eigenvalue weighted by atomic mass is 10.0. The summed E-state index contributed by atoms with van der Waals surface area (Å²) in [5.41, 5.74) is 1.02. The largest absolute Gasteiger partial charge is 0.391 e. The molecule has 0 heterocycles. The Morgan fingerprint density at radius 1 is 1.08 bits per heavy atom. The van der Waals surface area contributed by atoms with E-state index in [1.165, 1.54) is 0 Å². The first-order valence-corrected chi connectivity index (χ1v) is 8.58. The maximum Gasteiger partial charge on any atom is 0.242 e. The fraction of sp³-hybridized carbons (Fsp3) is 0.579. The van der Waals surface area contributed by atoms with E-state index in [1.807, 2.05) is 58.0 Å². The quantitative estimate of drug-likeness (QED) is 0.645. The Kier molecular flexibility index (Phi) is 8.47. The summed E-state index contributed by atoms with van der Waals surface area (Å²) < 4.78 is 0. The average Bonchev–Trinajstić information content (AvgIpc) is 2.50. The fourth-order valence-corrected chi connectivity index (χ4v) is 2.42. The lowest BCUT2D eigenvalue weighted by Gasteiger charge is -2.23. The van der Waals surface area contributed by atoms with Gasteiger partial charge in [0.05, 0.1) is 6.10 Å². The van der Waals surface area contributed by atoms with Crippen LogP contribution in [0.1, 0.15) is 39.7 Å². The summed E-state index contributed by atoms with van der Waals surface area (Å²) >= 11 is 0. The molecule has 1 rings (SSSR count). The van der Waals surface area contributed by atoms with Crippen LogP contribution in [0.2, 0.25) is 0 Å². The van der Waals surface area contributed by atoms with E-state index in [-0.39, 0.29) is 30.2 Å². The third kappa shape index (κ3) is 7.59. The van der Waals surface area contributed by atoms with Gasteiger partial charge < -0.3 is 15.7 Å². The van der Waals surface area contributed by atoms with Crippen molar-refractivity contribution in [1.82, 2.24) is 10.6 Å². The first-order chi connectivity index (χ1) is 11.3. The Labute approximate surface area is 144 Å². The second kappa shape index (κ2) is 10.1. The van der Waals surface area contributed by atoms with Crippen molar-refractivity contribution >= 4 is 11.8 Å². The van der Waals surface area contributed by atoms with Gasteiger partial charge in [0.15, 0.2) is 0 Å².